The lowest BCUT2D eigenvalue weighted by Crippen LogP contribution is -2.34. The minimum atomic E-state index is -3.45. The molecule has 1 aromatic rings. The van der Waals surface area contributed by atoms with Gasteiger partial charge in [-0.05, 0) is 29.7 Å². The van der Waals surface area contributed by atoms with Gasteiger partial charge in [-0.2, -0.15) is 0 Å². The second-order valence-electron chi connectivity index (χ2n) is 4.80. The maximum absolute atomic E-state index is 12.0. The van der Waals surface area contributed by atoms with E-state index in [0.29, 0.717) is 12.3 Å². The molecular weight excluding hydrogens is 318 g/mol. The second kappa shape index (κ2) is 6.04. The molecule has 0 aliphatic rings. The van der Waals surface area contributed by atoms with Crippen LogP contribution in [0.2, 0.25) is 0 Å². The van der Waals surface area contributed by atoms with Crippen LogP contribution in [0.4, 0.5) is 0 Å². The smallest absolute Gasteiger partial charge is 0.240 e. The van der Waals surface area contributed by atoms with Crippen LogP contribution in [0.3, 0.4) is 0 Å². The third-order valence-corrected chi connectivity index (χ3v) is 5.41. The molecule has 0 amide bonds. The molecule has 0 radical (unpaired) electrons. The van der Waals surface area contributed by atoms with Crippen molar-refractivity contribution in [3.63, 3.8) is 0 Å². The summed E-state index contributed by atoms with van der Waals surface area (Å²) in [6.45, 7) is 4.35. The van der Waals surface area contributed by atoms with Gasteiger partial charge in [-0.15, -0.1) is 0 Å². The molecule has 0 unspecified atom stereocenters. The SMILES string of the molecule is COc1ccc(S(=O)(=O)NCC(C)(C)CBr)cc1. The van der Waals surface area contributed by atoms with E-state index in [4.69, 9.17) is 4.74 Å². The molecule has 0 spiro atoms. The normalized spacial score (nSPS) is 12.4. The van der Waals surface area contributed by atoms with Crippen LogP contribution in [0.1, 0.15) is 13.8 Å². The zero-order chi connectivity index (χ0) is 13.8. The third-order valence-electron chi connectivity index (χ3n) is 2.47. The minimum absolute atomic E-state index is 0.125. The number of benzene rings is 1. The molecule has 18 heavy (non-hydrogen) atoms. The minimum Gasteiger partial charge on any atom is -0.497 e. The van der Waals surface area contributed by atoms with Gasteiger partial charge in [0.15, 0.2) is 0 Å². The number of ether oxygens (including phenoxy) is 1. The van der Waals surface area contributed by atoms with Gasteiger partial charge in [0.2, 0.25) is 10.0 Å². The van der Waals surface area contributed by atoms with Crippen LogP contribution in [0.5, 0.6) is 5.75 Å². The maximum Gasteiger partial charge on any atom is 0.240 e. The predicted molar refractivity (Wildman–Crippen MR) is 75.8 cm³/mol. The van der Waals surface area contributed by atoms with E-state index in [2.05, 4.69) is 20.7 Å². The third kappa shape index (κ3) is 4.26. The van der Waals surface area contributed by atoms with Gasteiger partial charge in [-0.25, -0.2) is 13.1 Å². The summed E-state index contributed by atoms with van der Waals surface area (Å²) in [5, 5.41) is 0.727. The van der Waals surface area contributed by atoms with Crippen LogP contribution in [0.25, 0.3) is 0 Å². The lowest BCUT2D eigenvalue weighted by molar-refractivity contribution is 0.414. The zero-order valence-corrected chi connectivity index (χ0v) is 13.1. The zero-order valence-electron chi connectivity index (χ0n) is 10.7. The summed E-state index contributed by atoms with van der Waals surface area (Å²) in [7, 11) is -1.91. The Morgan fingerprint density at radius 3 is 2.28 bits per heavy atom. The highest BCUT2D eigenvalue weighted by Gasteiger charge is 2.21. The van der Waals surface area contributed by atoms with E-state index < -0.39 is 10.0 Å². The Kier molecular flexibility index (Phi) is 5.19. The second-order valence-corrected chi connectivity index (χ2v) is 7.13. The molecule has 1 aromatic carbocycles. The lowest BCUT2D eigenvalue weighted by atomic mass is 9.98. The first kappa shape index (κ1) is 15.5. The van der Waals surface area contributed by atoms with Crippen molar-refractivity contribution in [3.05, 3.63) is 24.3 Å². The van der Waals surface area contributed by atoms with Crippen LogP contribution in [0.15, 0.2) is 29.2 Å². The van der Waals surface area contributed by atoms with Crippen LogP contribution < -0.4 is 9.46 Å². The Hall–Kier alpha value is -0.590. The lowest BCUT2D eigenvalue weighted by Gasteiger charge is -2.21. The fourth-order valence-electron chi connectivity index (χ4n) is 1.18. The molecule has 0 aliphatic heterocycles. The molecule has 0 saturated heterocycles. The first-order chi connectivity index (χ1) is 8.30. The summed E-state index contributed by atoms with van der Waals surface area (Å²) < 4.78 is 31.7. The van der Waals surface area contributed by atoms with E-state index in [9.17, 15) is 8.42 Å². The number of nitrogens with one attached hydrogen (secondary N) is 1. The van der Waals surface area contributed by atoms with E-state index in [-0.39, 0.29) is 10.3 Å². The summed E-state index contributed by atoms with van der Waals surface area (Å²) in [4.78, 5) is 0.244. The molecule has 0 bridgehead atoms. The largest absolute Gasteiger partial charge is 0.497 e. The first-order valence-corrected chi connectivity index (χ1v) is 8.11. The van der Waals surface area contributed by atoms with Gasteiger partial charge in [-0.1, -0.05) is 29.8 Å². The van der Waals surface area contributed by atoms with Gasteiger partial charge in [0.25, 0.3) is 0 Å². The standard InChI is InChI=1S/C12H18BrNO3S/c1-12(2,8-13)9-14-18(15,16)11-6-4-10(17-3)5-7-11/h4-7,14H,8-9H2,1-3H3. The van der Waals surface area contributed by atoms with Crippen molar-refractivity contribution in [1.82, 2.24) is 4.72 Å². The van der Waals surface area contributed by atoms with Crippen molar-refractivity contribution >= 4 is 26.0 Å². The van der Waals surface area contributed by atoms with Crippen LogP contribution in [-0.4, -0.2) is 27.4 Å². The van der Waals surface area contributed by atoms with Gasteiger partial charge >= 0.3 is 0 Å². The van der Waals surface area contributed by atoms with E-state index >= 15 is 0 Å². The summed E-state index contributed by atoms with van der Waals surface area (Å²) in [5.41, 5.74) is -0.125. The fourth-order valence-corrected chi connectivity index (χ4v) is 2.62. The van der Waals surface area contributed by atoms with Crippen molar-refractivity contribution in [3.8, 4) is 5.75 Å². The van der Waals surface area contributed by atoms with Gasteiger partial charge < -0.3 is 4.74 Å². The molecule has 1 rings (SSSR count). The summed E-state index contributed by atoms with van der Waals surface area (Å²) in [6, 6.07) is 6.32. The number of hydrogen-bond donors (Lipinski definition) is 1. The molecule has 102 valence electrons. The molecule has 0 aliphatic carbocycles. The number of sulfonamides is 1. The molecule has 0 atom stereocenters. The number of hydrogen-bond acceptors (Lipinski definition) is 3. The average Bonchev–Trinajstić information content (AvgIpc) is 2.37. The number of alkyl halides is 1. The Bertz CT molecular complexity index is 483. The highest BCUT2D eigenvalue weighted by atomic mass is 79.9. The summed E-state index contributed by atoms with van der Waals surface area (Å²) in [6.07, 6.45) is 0. The van der Waals surface area contributed by atoms with Crippen LogP contribution in [-0.2, 0) is 10.0 Å². The first-order valence-electron chi connectivity index (χ1n) is 5.50. The highest BCUT2D eigenvalue weighted by molar-refractivity contribution is 9.09. The summed E-state index contributed by atoms with van der Waals surface area (Å²) in [5.74, 6) is 0.634. The van der Waals surface area contributed by atoms with Crippen molar-refractivity contribution in [2.45, 2.75) is 18.7 Å². The van der Waals surface area contributed by atoms with Crippen molar-refractivity contribution in [1.29, 1.82) is 0 Å². The fraction of sp³-hybridized carbons (Fsp3) is 0.500. The Morgan fingerprint density at radius 1 is 1.28 bits per heavy atom. The van der Waals surface area contributed by atoms with E-state index in [1.165, 1.54) is 12.1 Å². The van der Waals surface area contributed by atoms with Crippen LogP contribution in [0, 0.1) is 5.41 Å². The molecule has 1 N–H and O–H groups in total. The predicted octanol–water partition coefficient (Wildman–Crippen LogP) is 2.39. The van der Waals surface area contributed by atoms with Crippen molar-refractivity contribution in [2.75, 3.05) is 19.0 Å². The molecular formula is C12H18BrNO3S. The van der Waals surface area contributed by atoms with Crippen molar-refractivity contribution < 1.29 is 13.2 Å². The monoisotopic (exact) mass is 335 g/mol. The number of rotatable bonds is 6. The summed E-state index contributed by atoms with van der Waals surface area (Å²) >= 11 is 3.36. The highest BCUT2D eigenvalue weighted by Crippen LogP contribution is 2.19. The topological polar surface area (TPSA) is 55.4 Å². The van der Waals surface area contributed by atoms with Gasteiger partial charge in [0, 0.05) is 11.9 Å². The van der Waals surface area contributed by atoms with Gasteiger partial charge in [0.05, 0.1) is 12.0 Å². The Balaban J connectivity index is 2.80. The van der Waals surface area contributed by atoms with E-state index in [1.807, 2.05) is 13.8 Å². The van der Waals surface area contributed by atoms with Gasteiger partial charge in [-0.3, -0.25) is 0 Å². The Labute approximate surface area is 117 Å². The number of methoxy groups -OCH3 is 1. The molecule has 0 aromatic heterocycles. The molecule has 6 heteroatoms. The quantitative estimate of drug-likeness (QED) is 0.812. The van der Waals surface area contributed by atoms with E-state index in [0.717, 1.165) is 5.33 Å². The van der Waals surface area contributed by atoms with E-state index in [1.54, 1.807) is 19.2 Å². The van der Waals surface area contributed by atoms with Crippen LogP contribution >= 0.6 is 15.9 Å². The molecule has 0 heterocycles. The van der Waals surface area contributed by atoms with Crippen molar-refractivity contribution in [2.24, 2.45) is 5.41 Å². The average molecular weight is 336 g/mol. The van der Waals surface area contributed by atoms with Gasteiger partial charge in [0.1, 0.15) is 5.75 Å². The molecule has 0 saturated carbocycles. The Morgan fingerprint density at radius 2 is 1.83 bits per heavy atom. The maximum atomic E-state index is 12.0. The number of halogens is 1. The molecule has 0 fully saturated rings. The molecule has 4 nitrogen and oxygen atoms in total.